The lowest BCUT2D eigenvalue weighted by Gasteiger charge is -2.13. The molecule has 9 nitrogen and oxygen atoms in total. The maximum atomic E-state index is 12.2. The Morgan fingerprint density at radius 1 is 1.24 bits per heavy atom. The third-order valence-electron chi connectivity index (χ3n) is 3.81. The van der Waals surface area contributed by atoms with E-state index in [1.807, 2.05) is 6.07 Å². The molecule has 1 amide bonds. The van der Waals surface area contributed by atoms with Crippen LogP contribution < -0.4 is 5.32 Å². The summed E-state index contributed by atoms with van der Waals surface area (Å²) < 4.78 is 5.11. The lowest BCUT2D eigenvalue weighted by molar-refractivity contribution is -0.154. The van der Waals surface area contributed by atoms with Crippen LogP contribution in [0.4, 0.5) is 5.69 Å². The van der Waals surface area contributed by atoms with Gasteiger partial charge in [0.2, 0.25) is 5.82 Å². The van der Waals surface area contributed by atoms with Gasteiger partial charge in [0, 0.05) is 10.6 Å². The van der Waals surface area contributed by atoms with Gasteiger partial charge < -0.3 is 10.1 Å². The van der Waals surface area contributed by atoms with Crippen molar-refractivity contribution in [1.29, 1.82) is 5.26 Å². The second-order valence-corrected chi connectivity index (χ2v) is 6.37. The van der Waals surface area contributed by atoms with Crippen molar-refractivity contribution in [1.82, 2.24) is 20.2 Å². The Morgan fingerprint density at radius 3 is 2.69 bits per heavy atom. The number of aromatic nitrogens is 4. The van der Waals surface area contributed by atoms with Gasteiger partial charge in [-0.15, -0.1) is 10.2 Å². The van der Waals surface area contributed by atoms with E-state index < -0.39 is 18.0 Å². The third kappa shape index (κ3) is 5.15. The number of ether oxygens (including phenoxy) is 1. The molecule has 0 fully saturated rings. The van der Waals surface area contributed by atoms with Crippen LogP contribution in [-0.4, -0.2) is 38.2 Å². The van der Waals surface area contributed by atoms with Crippen molar-refractivity contribution in [2.24, 2.45) is 0 Å². The van der Waals surface area contributed by atoms with E-state index in [1.54, 1.807) is 48.5 Å². The van der Waals surface area contributed by atoms with Gasteiger partial charge in [-0.2, -0.15) is 10.1 Å². The molecule has 3 rings (SSSR count). The predicted molar refractivity (Wildman–Crippen MR) is 104 cm³/mol. The highest BCUT2D eigenvalue weighted by Crippen LogP contribution is 2.17. The Balaban J connectivity index is 1.57. The minimum atomic E-state index is -1.08. The fourth-order valence-electron chi connectivity index (χ4n) is 2.35. The maximum Gasteiger partial charge on any atom is 0.330 e. The van der Waals surface area contributed by atoms with Crippen molar-refractivity contribution in [3.05, 3.63) is 59.1 Å². The Morgan fingerprint density at radius 2 is 1.97 bits per heavy atom. The molecular weight excluding hydrogens is 396 g/mol. The Kier molecular flexibility index (Phi) is 6.16. The zero-order chi connectivity index (χ0) is 20.8. The van der Waals surface area contributed by atoms with Crippen LogP contribution in [0.15, 0.2) is 48.5 Å². The number of halogens is 1. The molecule has 2 aromatic carbocycles. The number of tetrazole rings is 1. The van der Waals surface area contributed by atoms with Gasteiger partial charge >= 0.3 is 5.97 Å². The van der Waals surface area contributed by atoms with Crippen LogP contribution in [0, 0.1) is 11.3 Å². The second-order valence-electron chi connectivity index (χ2n) is 5.93. The van der Waals surface area contributed by atoms with Gasteiger partial charge in [-0.1, -0.05) is 23.7 Å². The van der Waals surface area contributed by atoms with Crippen LogP contribution in [-0.2, 0) is 20.9 Å². The Bertz CT molecular complexity index is 1070. The molecule has 0 radical (unpaired) electrons. The summed E-state index contributed by atoms with van der Waals surface area (Å²) in [7, 11) is 0. The average Bonchev–Trinajstić information content (AvgIpc) is 3.17. The largest absolute Gasteiger partial charge is 0.451 e. The third-order valence-corrected chi connectivity index (χ3v) is 4.06. The van der Waals surface area contributed by atoms with Gasteiger partial charge in [0.1, 0.15) is 6.07 Å². The Hall–Kier alpha value is -3.77. The number of benzene rings is 2. The molecule has 3 aromatic rings. The SMILES string of the molecule is C[C@H](OC(=O)Cn1nnc(-c2ccc(Cl)cc2)n1)C(=O)Nc1ccccc1C#N. The summed E-state index contributed by atoms with van der Waals surface area (Å²) in [5, 5.41) is 24.0. The number of carbonyl (C=O) groups is 2. The van der Waals surface area contributed by atoms with Crippen molar-refractivity contribution < 1.29 is 14.3 Å². The van der Waals surface area contributed by atoms with Gasteiger partial charge in [-0.25, -0.2) is 4.79 Å². The molecule has 0 aliphatic rings. The monoisotopic (exact) mass is 410 g/mol. The summed E-state index contributed by atoms with van der Waals surface area (Å²) in [5.74, 6) is -0.941. The average molecular weight is 411 g/mol. The first kappa shape index (κ1) is 20.0. The molecule has 1 heterocycles. The van der Waals surface area contributed by atoms with Gasteiger partial charge in [-0.05, 0) is 48.5 Å². The zero-order valence-electron chi connectivity index (χ0n) is 15.2. The van der Waals surface area contributed by atoms with E-state index in [4.69, 9.17) is 21.6 Å². The number of hydrogen-bond donors (Lipinski definition) is 1. The normalized spacial score (nSPS) is 11.3. The molecule has 146 valence electrons. The van der Waals surface area contributed by atoms with Gasteiger partial charge in [0.25, 0.3) is 5.91 Å². The molecule has 29 heavy (non-hydrogen) atoms. The van der Waals surface area contributed by atoms with Crippen molar-refractivity contribution in [2.75, 3.05) is 5.32 Å². The number of esters is 1. The summed E-state index contributed by atoms with van der Waals surface area (Å²) in [6.07, 6.45) is -1.08. The first-order valence-electron chi connectivity index (χ1n) is 8.49. The molecule has 0 saturated heterocycles. The standard InChI is InChI=1S/C19H15ClN6O3/c1-12(19(28)22-16-5-3-2-4-14(16)10-21)29-17(27)11-26-24-18(23-25-26)13-6-8-15(20)9-7-13/h2-9,12H,11H2,1H3,(H,22,28)/t12-/m0/s1. The fourth-order valence-corrected chi connectivity index (χ4v) is 2.48. The molecule has 0 spiro atoms. The van der Waals surface area contributed by atoms with E-state index >= 15 is 0 Å². The van der Waals surface area contributed by atoms with Crippen LogP contribution in [0.2, 0.25) is 5.02 Å². The molecule has 0 aliphatic carbocycles. The number of para-hydroxylation sites is 1. The van der Waals surface area contributed by atoms with Crippen molar-refractivity contribution in [3.8, 4) is 17.5 Å². The number of anilines is 1. The van der Waals surface area contributed by atoms with Gasteiger partial charge in [-0.3, -0.25) is 4.79 Å². The first-order valence-corrected chi connectivity index (χ1v) is 8.87. The predicted octanol–water partition coefficient (Wildman–Crippen LogP) is 2.44. The quantitative estimate of drug-likeness (QED) is 0.619. The number of nitrogens with zero attached hydrogens (tertiary/aromatic N) is 5. The van der Waals surface area contributed by atoms with Crippen molar-refractivity contribution >= 4 is 29.2 Å². The minimum absolute atomic E-state index is 0.306. The minimum Gasteiger partial charge on any atom is -0.451 e. The molecule has 1 atom stereocenters. The first-order chi connectivity index (χ1) is 14.0. The summed E-state index contributed by atoms with van der Waals surface area (Å²) in [6, 6.07) is 15.3. The topological polar surface area (TPSA) is 123 Å². The smallest absolute Gasteiger partial charge is 0.330 e. The number of carbonyl (C=O) groups excluding carboxylic acids is 2. The molecule has 10 heteroatoms. The van der Waals surface area contributed by atoms with Crippen LogP contribution in [0.25, 0.3) is 11.4 Å². The lowest BCUT2D eigenvalue weighted by Crippen LogP contribution is -2.31. The van der Waals surface area contributed by atoms with E-state index in [0.717, 1.165) is 4.80 Å². The van der Waals surface area contributed by atoms with Crippen molar-refractivity contribution in [2.45, 2.75) is 19.6 Å². The number of nitriles is 1. The molecule has 0 unspecified atom stereocenters. The molecular formula is C19H15ClN6O3. The van der Waals surface area contributed by atoms with Crippen LogP contribution in [0.3, 0.4) is 0 Å². The molecule has 1 aromatic heterocycles. The summed E-state index contributed by atoms with van der Waals surface area (Å²) >= 11 is 5.84. The highest BCUT2D eigenvalue weighted by Gasteiger charge is 2.20. The molecule has 0 bridgehead atoms. The fraction of sp³-hybridized carbons (Fsp3) is 0.158. The van der Waals surface area contributed by atoms with Gasteiger partial charge in [0.15, 0.2) is 12.6 Å². The highest BCUT2D eigenvalue weighted by molar-refractivity contribution is 6.30. The maximum absolute atomic E-state index is 12.2. The van der Waals surface area contributed by atoms with Crippen LogP contribution in [0.1, 0.15) is 12.5 Å². The van der Waals surface area contributed by atoms with Crippen LogP contribution in [0.5, 0.6) is 0 Å². The van der Waals surface area contributed by atoms with E-state index in [0.29, 0.717) is 27.7 Å². The Labute approximate surface area is 170 Å². The van der Waals surface area contributed by atoms with E-state index in [-0.39, 0.29) is 6.54 Å². The zero-order valence-corrected chi connectivity index (χ0v) is 16.0. The number of nitrogens with one attached hydrogen (secondary N) is 1. The summed E-state index contributed by atoms with van der Waals surface area (Å²) in [4.78, 5) is 25.4. The number of hydrogen-bond acceptors (Lipinski definition) is 7. The lowest BCUT2D eigenvalue weighted by atomic mass is 10.2. The van der Waals surface area contributed by atoms with Gasteiger partial charge in [0.05, 0.1) is 11.3 Å². The summed E-state index contributed by atoms with van der Waals surface area (Å²) in [6.45, 7) is 1.11. The van der Waals surface area contributed by atoms with Crippen molar-refractivity contribution in [3.63, 3.8) is 0 Å². The van der Waals surface area contributed by atoms with E-state index in [9.17, 15) is 9.59 Å². The summed E-state index contributed by atoms with van der Waals surface area (Å²) in [5.41, 5.74) is 1.34. The van der Waals surface area contributed by atoms with E-state index in [2.05, 4.69) is 20.7 Å². The molecule has 0 aliphatic heterocycles. The molecule has 0 saturated carbocycles. The number of amides is 1. The van der Waals surface area contributed by atoms with E-state index in [1.165, 1.54) is 6.92 Å². The molecule has 1 N–H and O–H groups in total. The second kappa shape index (κ2) is 8.95. The van der Waals surface area contributed by atoms with Crippen LogP contribution >= 0.6 is 11.6 Å². The number of rotatable bonds is 6. The highest BCUT2D eigenvalue weighted by atomic mass is 35.5.